The Morgan fingerprint density at radius 1 is 0.923 bits per heavy atom. The lowest BCUT2D eigenvalue weighted by molar-refractivity contribution is 0.306. The largest absolute Gasteiger partial charge is 0.489 e. The van der Waals surface area contributed by atoms with Gasteiger partial charge in [-0.2, -0.15) is 0 Å². The van der Waals surface area contributed by atoms with Crippen LogP contribution in [0.4, 0.5) is 0 Å². The van der Waals surface area contributed by atoms with E-state index in [9.17, 15) is 0 Å². The normalized spacial score (nSPS) is 15.7. The molecule has 2 aromatic carbocycles. The van der Waals surface area contributed by atoms with Crippen molar-refractivity contribution in [2.24, 2.45) is 5.73 Å². The molecule has 1 fully saturated rings. The summed E-state index contributed by atoms with van der Waals surface area (Å²) in [5.74, 6) is 1.61. The van der Waals surface area contributed by atoms with Crippen molar-refractivity contribution in [3.63, 3.8) is 0 Å². The van der Waals surface area contributed by atoms with Crippen molar-refractivity contribution in [1.82, 2.24) is 9.97 Å². The maximum atomic E-state index is 6.50. The number of aromatic nitrogens is 2. The number of hydrogen-bond acceptors (Lipinski definition) is 4. The molecule has 0 unspecified atom stereocenters. The molecule has 0 amide bonds. The van der Waals surface area contributed by atoms with Crippen molar-refractivity contribution in [3.8, 4) is 17.0 Å². The van der Waals surface area contributed by atoms with E-state index in [1.807, 2.05) is 54.7 Å². The highest BCUT2D eigenvalue weighted by molar-refractivity contribution is 5.59. The molecule has 1 aromatic heterocycles. The molecule has 1 aliphatic rings. The van der Waals surface area contributed by atoms with Crippen LogP contribution in [0.2, 0.25) is 0 Å². The Kier molecular flexibility index (Phi) is 4.67. The van der Waals surface area contributed by atoms with E-state index in [1.54, 1.807) is 0 Å². The lowest BCUT2D eigenvalue weighted by atomic mass is 9.98. The Balaban J connectivity index is 1.48. The van der Waals surface area contributed by atoms with Crippen molar-refractivity contribution in [2.75, 3.05) is 0 Å². The molecule has 4 nitrogen and oxygen atoms in total. The molecule has 3 aromatic rings. The van der Waals surface area contributed by atoms with Gasteiger partial charge in [-0.3, -0.25) is 0 Å². The first-order valence-corrected chi connectivity index (χ1v) is 9.13. The zero-order valence-electron chi connectivity index (χ0n) is 14.8. The first kappa shape index (κ1) is 16.7. The maximum absolute atomic E-state index is 6.50. The number of nitrogens with two attached hydrogens (primary N) is 1. The zero-order valence-corrected chi connectivity index (χ0v) is 14.8. The van der Waals surface area contributed by atoms with Gasteiger partial charge in [0.1, 0.15) is 18.2 Å². The van der Waals surface area contributed by atoms with Crippen LogP contribution < -0.4 is 10.5 Å². The van der Waals surface area contributed by atoms with Gasteiger partial charge in [0, 0.05) is 11.8 Å². The SMILES string of the molecule is NC1(c2nccc(-c3ccc(OCc4ccccc4)cc3)n2)CCCC1. The number of rotatable bonds is 5. The van der Waals surface area contributed by atoms with Crippen molar-refractivity contribution >= 4 is 0 Å². The van der Waals surface area contributed by atoms with Crippen LogP contribution in [-0.4, -0.2) is 9.97 Å². The van der Waals surface area contributed by atoms with Crippen LogP contribution in [0.15, 0.2) is 66.9 Å². The van der Waals surface area contributed by atoms with Crippen LogP contribution in [0.25, 0.3) is 11.3 Å². The molecular formula is C22H23N3O. The average molecular weight is 345 g/mol. The van der Waals surface area contributed by atoms with Crippen molar-refractivity contribution in [3.05, 3.63) is 78.2 Å². The molecule has 0 aliphatic heterocycles. The van der Waals surface area contributed by atoms with Crippen molar-refractivity contribution in [1.29, 1.82) is 0 Å². The van der Waals surface area contributed by atoms with Crippen LogP contribution in [0.1, 0.15) is 37.1 Å². The predicted molar refractivity (Wildman–Crippen MR) is 103 cm³/mol. The van der Waals surface area contributed by atoms with Crippen LogP contribution in [-0.2, 0) is 12.1 Å². The van der Waals surface area contributed by atoms with Gasteiger partial charge in [0.15, 0.2) is 0 Å². The fourth-order valence-corrected chi connectivity index (χ4v) is 3.45. The third-order valence-electron chi connectivity index (χ3n) is 5.00. The van der Waals surface area contributed by atoms with Gasteiger partial charge < -0.3 is 10.5 Å². The van der Waals surface area contributed by atoms with E-state index in [4.69, 9.17) is 15.5 Å². The van der Waals surface area contributed by atoms with E-state index in [2.05, 4.69) is 17.1 Å². The Labute approximate surface area is 154 Å². The summed E-state index contributed by atoms with van der Waals surface area (Å²) in [5, 5.41) is 0. The van der Waals surface area contributed by atoms with Crippen LogP contribution in [0.3, 0.4) is 0 Å². The summed E-state index contributed by atoms with van der Waals surface area (Å²) in [6.45, 7) is 0.563. The van der Waals surface area contributed by atoms with E-state index in [0.29, 0.717) is 6.61 Å². The number of hydrogen-bond donors (Lipinski definition) is 1. The number of nitrogens with zero attached hydrogens (tertiary/aromatic N) is 2. The van der Waals surface area contributed by atoms with Crippen LogP contribution in [0, 0.1) is 0 Å². The second-order valence-electron chi connectivity index (χ2n) is 6.93. The van der Waals surface area contributed by atoms with E-state index >= 15 is 0 Å². The third-order valence-corrected chi connectivity index (χ3v) is 5.00. The fourth-order valence-electron chi connectivity index (χ4n) is 3.45. The number of benzene rings is 2. The average Bonchev–Trinajstić information content (AvgIpc) is 3.16. The molecule has 1 aliphatic carbocycles. The molecule has 0 bridgehead atoms. The monoisotopic (exact) mass is 345 g/mol. The van der Waals surface area contributed by atoms with E-state index in [1.165, 1.54) is 0 Å². The topological polar surface area (TPSA) is 61.0 Å². The summed E-state index contributed by atoms with van der Waals surface area (Å²) in [5.41, 5.74) is 9.24. The minimum atomic E-state index is -0.366. The van der Waals surface area contributed by atoms with Crippen molar-refractivity contribution < 1.29 is 4.74 Å². The Morgan fingerprint density at radius 2 is 1.65 bits per heavy atom. The Hall–Kier alpha value is -2.72. The van der Waals surface area contributed by atoms with Gasteiger partial charge in [-0.25, -0.2) is 9.97 Å². The summed E-state index contributed by atoms with van der Waals surface area (Å²) in [7, 11) is 0. The van der Waals surface area contributed by atoms with Gasteiger partial charge in [-0.15, -0.1) is 0 Å². The van der Waals surface area contributed by atoms with Crippen LogP contribution >= 0.6 is 0 Å². The quantitative estimate of drug-likeness (QED) is 0.742. The molecule has 132 valence electrons. The molecular weight excluding hydrogens is 322 g/mol. The van der Waals surface area contributed by atoms with Gasteiger partial charge in [0.2, 0.25) is 0 Å². The summed E-state index contributed by atoms with van der Waals surface area (Å²) >= 11 is 0. The number of ether oxygens (including phenoxy) is 1. The molecule has 0 radical (unpaired) electrons. The van der Waals surface area contributed by atoms with Gasteiger partial charge in [0.25, 0.3) is 0 Å². The lowest BCUT2D eigenvalue weighted by Gasteiger charge is -2.21. The summed E-state index contributed by atoms with van der Waals surface area (Å²) in [4.78, 5) is 9.18. The second kappa shape index (κ2) is 7.26. The van der Waals surface area contributed by atoms with Crippen molar-refractivity contribution in [2.45, 2.75) is 37.8 Å². The summed E-state index contributed by atoms with van der Waals surface area (Å²) in [6, 6.07) is 20.1. The predicted octanol–water partition coefficient (Wildman–Crippen LogP) is 4.45. The second-order valence-corrected chi connectivity index (χ2v) is 6.93. The van der Waals surface area contributed by atoms with Crippen LogP contribution in [0.5, 0.6) is 5.75 Å². The molecule has 1 heterocycles. The summed E-state index contributed by atoms with van der Waals surface area (Å²) in [6.07, 6.45) is 6.03. The highest BCUT2D eigenvalue weighted by atomic mass is 16.5. The highest BCUT2D eigenvalue weighted by Gasteiger charge is 2.34. The minimum Gasteiger partial charge on any atom is -0.489 e. The smallest absolute Gasteiger partial charge is 0.148 e. The first-order chi connectivity index (χ1) is 12.7. The first-order valence-electron chi connectivity index (χ1n) is 9.13. The standard InChI is InChI=1S/C22H23N3O/c23-22(13-4-5-14-22)21-24-15-12-20(25-21)18-8-10-19(11-9-18)26-16-17-6-2-1-3-7-17/h1-3,6-12,15H,4-5,13-14,16,23H2. The van der Waals surface area contributed by atoms with Gasteiger partial charge >= 0.3 is 0 Å². The van der Waals surface area contributed by atoms with E-state index < -0.39 is 0 Å². The van der Waals surface area contributed by atoms with Gasteiger partial charge in [-0.1, -0.05) is 43.2 Å². The highest BCUT2D eigenvalue weighted by Crippen LogP contribution is 2.35. The molecule has 2 N–H and O–H groups in total. The molecule has 0 saturated heterocycles. The molecule has 0 spiro atoms. The molecule has 0 atom stereocenters. The van der Waals surface area contributed by atoms with Gasteiger partial charge in [0.05, 0.1) is 11.2 Å². The maximum Gasteiger partial charge on any atom is 0.148 e. The molecule has 4 heteroatoms. The van der Waals surface area contributed by atoms with E-state index in [0.717, 1.165) is 54.1 Å². The Bertz CT molecular complexity index is 856. The lowest BCUT2D eigenvalue weighted by Crippen LogP contribution is -2.35. The Morgan fingerprint density at radius 3 is 2.38 bits per heavy atom. The van der Waals surface area contributed by atoms with Gasteiger partial charge in [-0.05, 0) is 48.7 Å². The molecule has 4 rings (SSSR count). The zero-order chi connectivity index (χ0) is 17.8. The molecule has 1 saturated carbocycles. The molecule has 26 heavy (non-hydrogen) atoms. The minimum absolute atomic E-state index is 0.366. The third kappa shape index (κ3) is 3.60. The fraction of sp³-hybridized carbons (Fsp3) is 0.273. The van der Waals surface area contributed by atoms with E-state index in [-0.39, 0.29) is 5.54 Å². The summed E-state index contributed by atoms with van der Waals surface area (Å²) < 4.78 is 5.85.